The second-order valence-electron chi connectivity index (χ2n) is 3.98. The Kier molecular flexibility index (Phi) is 3.88. The number of hydrogen-bond donors (Lipinski definition) is 2. The highest BCUT2D eigenvalue weighted by Gasteiger charge is 2.20. The zero-order chi connectivity index (χ0) is 13.0. The Bertz CT molecular complexity index is 470. The van der Waals surface area contributed by atoms with Crippen LogP contribution in [0.25, 0.3) is 0 Å². The molecule has 5 nitrogen and oxygen atoms in total. The minimum absolute atomic E-state index is 0.0443. The Hall–Kier alpha value is -1.95. The van der Waals surface area contributed by atoms with Gasteiger partial charge in [-0.05, 0) is 12.1 Å². The number of piperazine rings is 1. The first kappa shape index (κ1) is 12.5. The quantitative estimate of drug-likeness (QED) is 0.362. The van der Waals surface area contributed by atoms with E-state index in [2.05, 4.69) is 10.5 Å². The topological polar surface area (TPSA) is 64.9 Å². The molecule has 0 bridgehead atoms. The predicted octanol–water partition coefficient (Wildman–Crippen LogP) is 0.878. The number of nitrogens with one attached hydrogen (secondary N) is 1. The molecule has 1 saturated heterocycles. The van der Waals surface area contributed by atoms with E-state index in [-0.39, 0.29) is 5.56 Å². The van der Waals surface area contributed by atoms with Gasteiger partial charge >= 0.3 is 0 Å². The summed E-state index contributed by atoms with van der Waals surface area (Å²) in [5.41, 5.74) is 0.499. The van der Waals surface area contributed by atoms with E-state index in [4.69, 9.17) is 5.21 Å². The summed E-state index contributed by atoms with van der Waals surface area (Å²) in [6.07, 6.45) is 0.712. The van der Waals surface area contributed by atoms with E-state index < -0.39 is 11.6 Å². The summed E-state index contributed by atoms with van der Waals surface area (Å²) in [6, 6.07) is 4.50. The molecule has 0 aromatic heterocycles. The maximum atomic E-state index is 13.8. The summed E-state index contributed by atoms with van der Waals surface area (Å²) < 4.78 is 13.8. The van der Waals surface area contributed by atoms with Crippen LogP contribution in [0.3, 0.4) is 0 Å². The van der Waals surface area contributed by atoms with Gasteiger partial charge in [-0.2, -0.15) is 0 Å². The van der Waals surface area contributed by atoms with E-state index in [0.717, 1.165) is 13.1 Å². The van der Waals surface area contributed by atoms with Gasteiger partial charge in [0.15, 0.2) is 0 Å². The van der Waals surface area contributed by atoms with Crippen LogP contribution < -0.4 is 10.2 Å². The van der Waals surface area contributed by atoms with E-state index in [0.29, 0.717) is 25.0 Å². The van der Waals surface area contributed by atoms with Gasteiger partial charge in [-0.15, -0.1) is 0 Å². The fraction of sp³-hybridized carbons (Fsp3) is 0.333. The molecule has 0 spiro atoms. The van der Waals surface area contributed by atoms with Crippen molar-refractivity contribution in [2.24, 2.45) is 5.16 Å². The van der Waals surface area contributed by atoms with Crippen molar-refractivity contribution in [1.82, 2.24) is 5.32 Å². The van der Waals surface area contributed by atoms with Crippen LogP contribution in [0, 0.1) is 5.82 Å². The Balaban J connectivity index is 2.39. The van der Waals surface area contributed by atoms with Crippen LogP contribution in [0.15, 0.2) is 23.4 Å². The van der Waals surface area contributed by atoms with Gasteiger partial charge in [0.1, 0.15) is 12.0 Å². The number of halogens is 1. The van der Waals surface area contributed by atoms with Crippen LogP contribution in [-0.2, 0) is 0 Å². The van der Waals surface area contributed by atoms with Gasteiger partial charge in [0, 0.05) is 26.2 Å². The fourth-order valence-corrected chi connectivity index (χ4v) is 2.04. The molecule has 1 aromatic carbocycles. The first-order valence-electron chi connectivity index (χ1n) is 5.70. The summed E-state index contributed by atoms with van der Waals surface area (Å²) in [5.74, 6) is -1.24. The number of benzene rings is 1. The van der Waals surface area contributed by atoms with E-state index in [1.165, 1.54) is 6.07 Å². The van der Waals surface area contributed by atoms with Crippen LogP contribution in [0.5, 0.6) is 0 Å². The van der Waals surface area contributed by atoms with Gasteiger partial charge in [-0.1, -0.05) is 11.2 Å². The van der Waals surface area contributed by atoms with Gasteiger partial charge < -0.3 is 15.4 Å². The molecule has 1 aliphatic heterocycles. The standard InChI is InChI=1S/C12H14FN3O2/c13-9-2-1-3-10(12(9)11(17)8-15-18)16-6-4-14-5-7-16/h1-3,8,14,18H,4-7H2. The van der Waals surface area contributed by atoms with Gasteiger partial charge in [0.05, 0.1) is 11.3 Å². The Morgan fingerprint density at radius 1 is 1.44 bits per heavy atom. The Morgan fingerprint density at radius 2 is 2.17 bits per heavy atom. The third-order valence-electron chi connectivity index (χ3n) is 2.87. The molecule has 1 aromatic rings. The lowest BCUT2D eigenvalue weighted by atomic mass is 10.1. The molecule has 1 heterocycles. The number of carbonyl (C=O) groups excluding carboxylic acids is 1. The summed E-state index contributed by atoms with van der Waals surface area (Å²) in [7, 11) is 0. The molecule has 0 aliphatic carbocycles. The normalized spacial score (nSPS) is 16.2. The van der Waals surface area contributed by atoms with Crippen LogP contribution in [-0.4, -0.2) is 43.4 Å². The molecule has 18 heavy (non-hydrogen) atoms. The van der Waals surface area contributed by atoms with Crippen molar-refractivity contribution in [3.63, 3.8) is 0 Å². The van der Waals surface area contributed by atoms with Crippen molar-refractivity contribution >= 4 is 17.7 Å². The van der Waals surface area contributed by atoms with Crippen molar-refractivity contribution in [1.29, 1.82) is 0 Å². The van der Waals surface area contributed by atoms with E-state index >= 15 is 0 Å². The molecule has 0 unspecified atom stereocenters. The molecule has 0 radical (unpaired) electrons. The first-order chi connectivity index (χ1) is 8.74. The first-order valence-corrected chi connectivity index (χ1v) is 5.70. The molecular weight excluding hydrogens is 237 g/mol. The number of nitrogens with zero attached hydrogens (tertiary/aromatic N) is 2. The monoisotopic (exact) mass is 251 g/mol. The van der Waals surface area contributed by atoms with Gasteiger partial charge in [-0.3, -0.25) is 4.79 Å². The molecule has 0 amide bonds. The summed E-state index contributed by atoms with van der Waals surface area (Å²) >= 11 is 0. The highest BCUT2D eigenvalue weighted by atomic mass is 19.1. The van der Waals surface area contributed by atoms with Gasteiger partial charge in [-0.25, -0.2) is 4.39 Å². The summed E-state index contributed by atoms with van der Waals surface area (Å²) in [4.78, 5) is 13.7. The van der Waals surface area contributed by atoms with Crippen LogP contribution in [0.1, 0.15) is 10.4 Å². The van der Waals surface area contributed by atoms with Gasteiger partial charge in [0.2, 0.25) is 5.78 Å². The maximum absolute atomic E-state index is 13.8. The largest absolute Gasteiger partial charge is 0.411 e. The number of carbonyl (C=O) groups is 1. The fourth-order valence-electron chi connectivity index (χ4n) is 2.04. The average Bonchev–Trinajstić information content (AvgIpc) is 2.39. The molecule has 2 rings (SSSR count). The summed E-state index contributed by atoms with van der Waals surface area (Å²) in [5, 5.41) is 14.2. The molecule has 0 atom stereocenters. The lowest BCUT2D eigenvalue weighted by Crippen LogP contribution is -2.44. The van der Waals surface area contributed by atoms with Gasteiger partial charge in [0.25, 0.3) is 0 Å². The van der Waals surface area contributed by atoms with Crippen molar-refractivity contribution in [3.05, 3.63) is 29.6 Å². The van der Waals surface area contributed by atoms with Crippen LogP contribution in [0.4, 0.5) is 10.1 Å². The highest BCUT2D eigenvalue weighted by molar-refractivity contribution is 6.36. The molecule has 1 fully saturated rings. The molecule has 96 valence electrons. The van der Waals surface area contributed by atoms with E-state index in [1.54, 1.807) is 12.1 Å². The maximum Gasteiger partial charge on any atom is 0.212 e. The number of anilines is 1. The second-order valence-corrected chi connectivity index (χ2v) is 3.98. The van der Waals surface area contributed by atoms with Crippen molar-refractivity contribution in [2.45, 2.75) is 0 Å². The van der Waals surface area contributed by atoms with Crippen LogP contribution >= 0.6 is 0 Å². The minimum Gasteiger partial charge on any atom is -0.411 e. The molecule has 6 heteroatoms. The Labute approximate surface area is 104 Å². The van der Waals surface area contributed by atoms with Crippen molar-refractivity contribution in [2.75, 3.05) is 31.1 Å². The molecular formula is C12H14FN3O2. The molecule has 0 saturated carbocycles. The number of ketones is 1. The van der Waals surface area contributed by atoms with Crippen LogP contribution in [0.2, 0.25) is 0 Å². The van der Waals surface area contributed by atoms with Crippen molar-refractivity contribution in [3.8, 4) is 0 Å². The lowest BCUT2D eigenvalue weighted by molar-refractivity contribution is 0.106. The van der Waals surface area contributed by atoms with E-state index in [9.17, 15) is 9.18 Å². The minimum atomic E-state index is -0.635. The lowest BCUT2D eigenvalue weighted by Gasteiger charge is -2.30. The second kappa shape index (κ2) is 5.59. The summed E-state index contributed by atoms with van der Waals surface area (Å²) in [6.45, 7) is 3.00. The SMILES string of the molecule is O=C(C=NO)c1c(F)cccc1N1CCNCC1. The zero-order valence-electron chi connectivity index (χ0n) is 9.77. The smallest absolute Gasteiger partial charge is 0.212 e. The third-order valence-corrected chi connectivity index (χ3v) is 2.87. The predicted molar refractivity (Wildman–Crippen MR) is 66.1 cm³/mol. The van der Waals surface area contributed by atoms with E-state index in [1.807, 2.05) is 4.90 Å². The van der Waals surface area contributed by atoms with Crippen molar-refractivity contribution < 1.29 is 14.4 Å². The molecule has 1 aliphatic rings. The Morgan fingerprint density at radius 3 is 2.83 bits per heavy atom. The third kappa shape index (κ3) is 2.48. The number of Topliss-reactive ketones (excluding diaryl/α,β-unsaturated/α-hetero) is 1. The highest BCUT2D eigenvalue weighted by Crippen LogP contribution is 2.23. The number of oxime groups is 1. The number of hydrogen-bond acceptors (Lipinski definition) is 5. The molecule has 2 N–H and O–H groups in total. The average molecular weight is 251 g/mol. The number of rotatable bonds is 3. The zero-order valence-corrected chi connectivity index (χ0v) is 9.77.